The van der Waals surface area contributed by atoms with E-state index in [0.717, 1.165) is 11.4 Å². The van der Waals surface area contributed by atoms with Gasteiger partial charge in [0.1, 0.15) is 12.2 Å². The molecule has 4 heterocycles. The third kappa shape index (κ3) is 22.0. The lowest BCUT2D eigenvalue weighted by Crippen LogP contribution is -2.52. The van der Waals surface area contributed by atoms with E-state index in [2.05, 4.69) is 20.6 Å². The topological polar surface area (TPSA) is 297 Å². The number of hydrogen-bond donors (Lipinski definition) is 3. The first kappa shape index (κ1) is 55.7. The van der Waals surface area contributed by atoms with Crippen molar-refractivity contribution in [1.82, 2.24) is 39.8 Å². The normalized spacial score (nSPS) is 19.1. The van der Waals surface area contributed by atoms with Gasteiger partial charge in [-0.3, -0.25) is 14.6 Å². The molecule has 5 unspecified atom stereocenters. The van der Waals surface area contributed by atoms with Gasteiger partial charge in [0.2, 0.25) is 0 Å². The minimum atomic E-state index is -2.94. The van der Waals surface area contributed by atoms with E-state index in [-0.39, 0.29) is 82.5 Å². The summed E-state index contributed by atoms with van der Waals surface area (Å²) in [4.78, 5) is 15.9. The Balaban J connectivity index is 1.02. The van der Waals surface area contributed by atoms with Gasteiger partial charge < -0.3 is 58.0 Å². The first-order valence-corrected chi connectivity index (χ1v) is 25.9. The smallest absolute Gasteiger partial charge is 0.308 e. The summed E-state index contributed by atoms with van der Waals surface area (Å²) in [6.07, 6.45) is -2.04. The summed E-state index contributed by atoms with van der Waals surface area (Å²) in [5.74, 6) is -1.88. The summed E-state index contributed by atoms with van der Waals surface area (Å²) >= 11 is 0. The molecule has 66 heavy (non-hydrogen) atoms. The summed E-state index contributed by atoms with van der Waals surface area (Å²) in [5.41, 5.74) is 1.54. The number of sulfone groups is 2. The van der Waals surface area contributed by atoms with Crippen molar-refractivity contribution in [2.75, 3.05) is 148 Å². The largest absolute Gasteiger partial charge is 0.481 e. The Hall–Kier alpha value is -2.87. The zero-order valence-corrected chi connectivity index (χ0v) is 39.7. The van der Waals surface area contributed by atoms with Gasteiger partial charge in [-0.15, -0.1) is 10.2 Å². The van der Waals surface area contributed by atoms with Crippen LogP contribution in [-0.4, -0.2) is 251 Å². The van der Waals surface area contributed by atoms with E-state index in [1.807, 2.05) is 22.2 Å². The Morgan fingerprint density at radius 3 is 1.33 bits per heavy atom. The fraction of sp³-hybridized carbons (Fsp3) is 0.872. The van der Waals surface area contributed by atoms with Crippen molar-refractivity contribution in [3.63, 3.8) is 0 Å². The van der Waals surface area contributed by atoms with Gasteiger partial charge in [-0.05, 0) is 13.8 Å². The predicted molar refractivity (Wildman–Crippen MR) is 233 cm³/mol. The van der Waals surface area contributed by atoms with Gasteiger partial charge >= 0.3 is 5.97 Å². The summed E-state index contributed by atoms with van der Waals surface area (Å²) in [6, 6.07) is 0. The lowest BCUT2D eigenvalue weighted by Gasteiger charge is -2.34. The summed E-state index contributed by atoms with van der Waals surface area (Å²) in [7, 11) is -5.87. The van der Waals surface area contributed by atoms with Crippen molar-refractivity contribution >= 4 is 25.6 Å². The molecule has 2 aliphatic heterocycles. The Morgan fingerprint density at radius 1 is 0.591 bits per heavy atom. The van der Waals surface area contributed by atoms with Gasteiger partial charge in [0, 0.05) is 58.3 Å². The second kappa shape index (κ2) is 30.6. The Bertz CT molecular complexity index is 1830. The molecule has 4 rings (SSSR count). The number of nitrogens with zero attached hydrogens (tertiary/aromatic N) is 8. The van der Waals surface area contributed by atoms with Crippen molar-refractivity contribution < 1.29 is 79.6 Å². The molecule has 2 saturated heterocycles. The Labute approximate surface area is 386 Å². The highest BCUT2D eigenvalue weighted by molar-refractivity contribution is 7.91. The Kier molecular flexibility index (Phi) is 25.8. The van der Waals surface area contributed by atoms with Crippen LogP contribution < -0.4 is 0 Å². The lowest BCUT2D eigenvalue weighted by atomic mass is 9.95. The molecule has 0 bridgehead atoms. The van der Waals surface area contributed by atoms with Crippen LogP contribution in [-0.2, 0) is 93.3 Å². The van der Waals surface area contributed by atoms with Crippen LogP contribution in [0.2, 0.25) is 0 Å². The van der Waals surface area contributed by atoms with Crippen LogP contribution in [0.4, 0.5) is 0 Å². The van der Waals surface area contributed by atoms with Crippen LogP contribution in [0.3, 0.4) is 0 Å². The van der Waals surface area contributed by atoms with E-state index < -0.39 is 56.2 Å². The number of ether oxygens (including phenoxy) is 9. The van der Waals surface area contributed by atoms with E-state index in [0.29, 0.717) is 92.0 Å². The van der Waals surface area contributed by atoms with Crippen molar-refractivity contribution in [2.45, 2.75) is 64.6 Å². The van der Waals surface area contributed by atoms with Gasteiger partial charge in [0.25, 0.3) is 0 Å². The predicted octanol–water partition coefficient (Wildman–Crippen LogP) is -2.66. The molecule has 0 saturated carbocycles. The average molecular weight is 987 g/mol. The molecule has 0 aliphatic carbocycles. The van der Waals surface area contributed by atoms with Crippen LogP contribution in [0.5, 0.6) is 0 Å². The molecule has 2 fully saturated rings. The maximum atomic E-state index is 11.8. The van der Waals surface area contributed by atoms with E-state index in [1.54, 1.807) is 16.3 Å². The van der Waals surface area contributed by atoms with Gasteiger partial charge in [-0.2, -0.15) is 0 Å². The first-order chi connectivity index (χ1) is 31.7. The second-order valence-corrected chi connectivity index (χ2v) is 20.2. The molecule has 0 aromatic carbocycles. The number of rotatable bonds is 37. The quantitative estimate of drug-likeness (QED) is 0.0460. The summed E-state index contributed by atoms with van der Waals surface area (Å²) in [6.45, 7) is 10.4. The molecule has 3 N–H and O–H groups in total. The van der Waals surface area contributed by atoms with Crippen LogP contribution >= 0.6 is 0 Å². The van der Waals surface area contributed by atoms with E-state index in [4.69, 9.17) is 42.6 Å². The molecule has 27 heteroatoms. The minimum Gasteiger partial charge on any atom is -0.481 e. The number of aliphatic hydroxyl groups is 2. The molecule has 2 aliphatic rings. The molecule has 2 aromatic heterocycles. The zero-order valence-electron chi connectivity index (χ0n) is 38.1. The summed E-state index contributed by atoms with van der Waals surface area (Å²) < 4.78 is 101. The van der Waals surface area contributed by atoms with Gasteiger partial charge in [0.15, 0.2) is 26.0 Å². The van der Waals surface area contributed by atoms with Gasteiger partial charge in [-0.25, -0.2) is 26.2 Å². The third-order valence-electron chi connectivity index (χ3n) is 10.5. The average Bonchev–Trinajstić information content (AvgIpc) is 3.94. The van der Waals surface area contributed by atoms with E-state index in [9.17, 15) is 36.9 Å². The zero-order chi connectivity index (χ0) is 47.6. The molecule has 5 atom stereocenters. The molecule has 380 valence electrons. The number of carbonyl (C=O) groups is 1. The van der Waals surface area contributed by atoms with Crippen LogP contribution in [0, 0.1) is 5.92 Å². The highest BCUT2D eigenvalue weighted by Gasteiger charge is 2.40. The number of aliphatic hydroxyl groups excluding tert-OH is 2. The van der Waals surface area contributed by atoms with E-state index >= 15 is 0 Å². The maximum Gasteiger partial charge on any atom is 0.308 e. The minimum absolute atomic E-state index is 0.0368. The Morgan fingerprint density at radius 2 is 0.955 bits per heavy atom. The van der Waals surface area contributed by atoms with E-state index in [1.165, 1.54) is 6.92 Å². The molecule has 0 amide bonds. The highest BCUT2D eigenvalue weighted by atomic mass is 32.2. The van der Waals surface area contributed by atoms with Crippen LogP contribution in [0.1, 0.15) is 25.2 Å². The standard InChI is InChI=1S/C39H70N8O17S2/c1-3-62-39(51)37(64-23-21-61-19-17-59-15-13-57-11-5-47-31-34(41-43-47)29-45-8-26-66(54,55)27-9-45)36(35(48)32(2)38(49)50)63-22-20-60-18-16-58-14-12-56-10-4-46-30-33(40-42-46)28-44-6-24-65(52,53)25-7-44/h30-32,35-37,39,48,51H,3-29H2,1-2H3,(H,49,50). The fourth-order valence-electron chi connectivity index (χ4n) is 6.62. The van der Waals surface area contributed by atoms with Crippen LogP contribution in [0.15, 0.2) is 12.4 Å². The number of aliphatic carboxylic acids is 1. The maximum absolute atomic E-state index is 11.8. The van der Waals surface area contributed by atoms with Crippen molar-refractivity contribution in [3.8, 4) is 0 Å². The molecule has 0 radical (unpaired) electrons. The van der Waals surface area contributed by atoms with Crippen molar-refractivity contribution in [2.24, 2.45) is 5.92 Å². The number of hydrogen-bond acceptors (Lipinski definition) is 22. The number of carboxylic acid groups (broad SMARTS) is 1. The van der Waals surface area contributed by atoms with Crippen molar-refractivity contribution in [3.05, 3.63) is 23.8 Å². The third-order valence-corrected chi connectivity index (χ3v) is 13.7. The first-order valence-electron chi connectivity index (χ1n) is 22.3. The lowest BCUT2D eigenvalue weighted by molar-refractivity contribution is -0.235. The molecular formula is C39H70N8O17S2. The van der Waals surface area contributed by atoms with Gasteiger partial charge in [0.05, 0.1) is 152 Å². The molecule has 2 aromatic rings. The molecule has 0 spiro atoms. The number of carboxylic acids is 1. The number of aromatic nitrogens is 6. The van der Waals surface area contributed by atoms with Gasteiger partial charge in [-0.1, -0.05) is 10.4 Å². The highest BCUT2D eigenvalue weighted by Crippen LogP contribution is 2.20. The second-order valence-electron chi connectivity index (χ2n) is 15.6. The van der Waals surface area contributed by atoms with Crippen molar-refractivity contribution in [1.29, 1.82) is 0 Å². The van der Waals surface area contributed by atoms with Crippen LogP contribution in [0.25, 0.3) is 0 Å². The molecule has 25 nitrogen and oxygen atoms in total. The monoisotopic (exact) mass is 986 g/mol. The molecular weight excluding hydrogens is 917 g/mol. The summed E-state index contributed by atoms with van der Waals surface area (Å²) in [5, 5.41) is 47.9. The SMILES string of the molecule is CCOC(O)C(OCCOCCOCCOCCn1cc(CN2CCS(=O)(=O)CC2)nn1)C(OCCOCCOCCOCCn1cc(CN2CCS(=O)(=O)CC2)nn1)C(O)C(C)C(=O)O. The fourth-order valence-corrected chi connectivity index (χ4v) is 9.18.